The van der Waals surface area contributed by atoms with Crippen LogP contribution in [-0.2, 0) is 9.59 Å². The van der Waals surface area contributed by atoms with Gasteiger partial charge in [0.1, 0.15) is 22.7 Å². The molecular formula is C19H18F2N2O2. The van der Waals surface area contributed by atoms with Gasteiger partial charge < -0.3 is 10.6 Å². The zero-order valence-corrected chi connectivity index (χ0v) is 14.0. The first kappa shape index (κ1) is 17.1. The minimum Gasteiger partial charge on any atom is -0.325 e. The van der Waals surface area contributed by atoms with Gasteiger partial charge in [-0.15, -0.1) is 0 Å². The predicted molar refractivity (Wildman–Crippen MR) is 91.2 cm³/mol. The fourth-order valence-electron chi connectivity index (χ4n) is 2.66. The van der Waals surface area contributed by atoms with Gasteiger partial charge in [0.15, 0.2) is 0 Å². The summed E-state index contributed by atoms with van der Waals surface area (Å²) in [6.07, 6.45) is 0.678. The van der Waals surface area contributed by atoms with E-state index in [1.807, 2.05) is 26.0 Å². The number of carbonyl (C=O) groups excluding carboxylic acids is 2. The van der Waals surface area contributed by atoms with Crippen LogP contribution >= 0.6 is 0 Å². The van der Waals surface area contributed by atoms with Crippen LogP contribution in [0.2, 0.25) is 0 Å². The van der Waals surface area contributed by atoms with Crippen molar-refractivity contribution in [3.8, 4) is 0 Å². The minimum atomic E-state index is -1.29. The molecule has 0 aromatic heterocycles. The third kappa shape index (κ3) is 3.12. The highest BCUT2D eigenvalue weighted by Gasteiger charge is 2.56. The number of hydrogen-bond acceptors (Lipinski definition) is 2. The monoisotopic (exact) mass is 344 g/mol. The van der Waals surface area contributed by atoms with E-state index in [4.69, 9.17) is 0 Å². The first-order valence-electron chi connectivity index (χ1n) is 7.98. The molecule has 0 radical (unpaired) electrons. The number of carbonyl (C=O) groups is 2. The van der Waals surface area contributed by atoms with Crippen LogP contribution in [0.25, 0.3) is 0 Å². The number of halogens is 2. The Bertz CT molecular complexity index is 840. The van der Waals surface area contributed by atoms with Crippen LogP contribution < -0.4 is 10.6 Å². The average Bonchev–Trinajstić information content (AvgIpc) is 3.37. The molecule has 4 nitrogen and oxygen atoms in total. The van der Waals surface area contributed by atoms with Gasteiger partial charge in [-0.1, -0.05) is 18.2 Å². The van der Waals surface area contributed by atoms with Gasteiger partial charge >= 0.3 is 0 Å². The Morgan fingerprint density at radius 2 is 1.48 bits per heavy atom. The minimum absolute atomic E-state index is 0.339. The molecule has 0 aliphatic heterocycles. The normalized spacial score (nSPS) is 14.7. The van der Waals surface area contributed by atoms with E-state index in [2.05, 4.69) is 10.6 Å². The molecule has 0 saturated heterocycles. The highest BCUT2D eigenvalue weighted by Crippen LogP contribution is 2.48. The molecule has 0 unspecified atom stereocenters. The van der Waals surface area contributed by atoms with Gasteiger partial charge in [0, 0.05) is 5.69 Å². The fourth-order valence-corrected chi connectivity index (χ4v) is 2.66. The lowest BCUT2D eigenvalue weighted by Crippen LogP contribution is -2.36. The average molecular weight is 344 g/mol. The first-order valence-corrected chi connectivity index (χ1v) is 7.98. The molecular weight excluding hydrogens is 326 g/mol. The van der Waals surface area contributed by atoms with E-state index >= 15 is 0 Å². The second-order valence-corrected chi connectivity index (χ2v) is 6.33. The SMILES string of the molecule is Cc1cccc(NC(=O)C2(C(=O)Nc3c(F)cccc3F)CC2)c1C. The number of rotatable bonds is 4. The van der Waals surface area contributed by atoms with E-state index < -0.39 is 34.6 Å². The van der Waals surface area contributed by atoms with Gasteiger partial charge in [-0.2, -0.15) is 0 Å². The number of anilines is 2. The van der Waals surface area contributed by atoms with Gasteiger partial charge in [-0.25, -0.2) is 8.78 Å². The van der Waals surface area contributed by atoms with E-state index in [-0.39, 0.29) is 0 Å². The lowest BCUT2D eigenvalue weighted by molar-refractivity contribution is -0.131. The van der Waals surface area contributed by atoms with Crippen molar-refractivity contribution in [1.29, 1.82) is 0 Å². The molecule has 1 aliphatic rings. The number of para-hydroxylation sites is 1. The molecule has 3 rings (SSSR count). The molecule has 0 spiro atoms. The van der Waals surface area contributed by atoms with Crippen LogP contribution in [0.1, 0.15) is 24.0 Å². The second kappa shape index (κ2) is 6.27. The third-order valence-corrected chi connectivity index (χ3v) is 4.67. The lowest BCUT2D eigenvalue weighted by atomic mass is 10.0. The molecule has 2 aromatic rings. The van der Waals surface area contributed by atoms with Gasteiger partial charge in [-0.05, 0) is 56.0 Å². The van der Waals surface area contributed by atoms with Gasteiger partial charge in [0.2, 0.25) is 11.8 Å². The number of aryl methyl sites for hydroxylation is 1. The number of benzene rings is 2. The Hall–Kier alpha value is -2.76. The zero-order chi connectivity index (χ0) is 18.2. The molecule has 2 aromatic carbocycles. The van der Waals surface area contributed by atoms with Gasteiger partial charge in [0.05, 0.1) is 0 Å². The van der Waals surface area contributed by atoms with Crippen molar-refractivity contribution in [1.82, 2.24) is 0 Å². The number of hydrogen-bond donors (Lipinski definition) is 2. The largest absolute Gasteiger partial charge is 0.325 e. The van der Waals surface area contributed by atoms with E-state index in [1.54, 1.807) is 6.07 Å². The molecule has 1 saturated carbocycles. The summed E-state index contributed by atoms with van der Waals surface area (Å²) < 4.78 is 27.4. The molecule has 0 bridgehead atoms. The molecule has 2 amide bonds. The maximum atomic E-state index is 13.7. The van der Waals surface area contributed by atoms with Crippen molar-refractivity contribution in [2.45, 2.75) is 26.7 Å². The molecule has 25 heavy (non-hydrogen) atoms. The van der Waals surface area contributed by atoms with Crippen LogP contribution in [0.5, 0.6) is 0 Å². The Labute approximate surface area is 144 Å². The zero-order valence-electron chi connectivity index (χ0n) is 14.0. The maximum absolute atomic E-state index is 13.7. The predicted octanol–water partition coefficient (Wildman–Crippen LogP) is 3.94. The summed E-state index contributed by atoms with van der Waals surface area (Å²) in [7, 11) is 0. The molecule has 0 atom stereocenters. The Morgan fingerprint density at radius 3 is 2.08 bits per heavy atom. The summed E-state index contributed by atoms with van der Waals surface area (Å²) in [4.78, 5) is 25.1. The summed E-state index contributed by atoms with van der Waals surface area (Å²) in [6, 6.07) is 8.80. The van der Waals surface area contributed by atoms with Crippen molar-refractivity contribution in [3.63, 3.8) is 0 Å². The van der Waals surface area contributed by atoms with Crippen molar-refractivity contribution in [3.05, 3.63) is 59.2 Å². The Balaban J connectivity index is 1.78. The van der Waals surface area contributed by atoms with Crippen LogP contribution in [0.3, 0.4) is 0 Å². The lowest BCUT2D eigenvalue weighted by Gasteiger charge is -2.17. The van der Waals surface area contributed by atoms with Crippen molar-refractivity contribution in [2.24, 2.45) is 5.41 Å². The summed E-state index contributed by atoms with van der Waals surface area (Å²) in [5, 5.41) is 4.99. The second-order valence-electron chi connectivity index (χ2n) is 6.33. The van der Waals surface area contributed by atoms with Crippen LogP contribution in [0.15, 0.2) is 36.4 Å². The summed E-state index contributed by atoms with van der Waals surface area (Å²) in [5.74, 6) is -2.91. The highest BCUT2D eigenvalue weighted by atomic mass is 19.1. The summed E-state index contributed by atoms with van der Waals surface area (Å²) in [6.45, 7) is 3.80. The quantitative estimate of drug-likeness (QED) is 0.826. The van der Waals surface area contributed by atoms with E-state index in [0.717, 1.165) is 23.3 Å². The van der Waals surface area contributed by atoms with Crippen molar-refractivity contribution < 1.29 is 18.4 Å². The third-order valence-electron chi connectivity index (χ3n) is 4.67. The fraction of sp³-hybridized carbons (Fsp3) is 0.263. The van der Waals surface area contributed by atoms with Crippen LogP contribution in [-0.4, -0.2) is 11.8 Å². The molecule has 130 valence electrons. The van der Waals surface area contributed by atoms with Crippen molar-refractivity contribution >= 4 is 23.2 Å². The van der Waals surface area contributed by atoms with Gasteiger partial charge in [-0.3, -0.25) is 9.59 Å². The summed E-state index contributed by atoms with van der Waals surface area (Å²) >= 11 is 0. The smallest absolute Gasteiger partial charge is 0.240 e. The standard InChI is InChI=1S/C19H18F2N2O2/c1-11-5-3-8-15(12(11)2)22-17(24)19(9-10-19)18(25)23-16-13(20)6-4-7-14(16)21/h3-8H,9-10H2,1-2H3,(H,22,24)(H,23,25). The van der Waals surface area contributed by atoms with Crippen molar-refractivity contribution in [2.75, 3.05) is 10.6 Å². The molecule has 1 fully saturated rings. The van der Waals surface area contributed by atoms with E-state index in [1.165, 1.54) is 6.07 Å². The maximum Gasteiger partial charge on any atom is 0.240 e. The van der Waals surface area contributed by atoms with Crippen LogP contribution in [0, 0.1) is 30.9 Å². The molecule has 0 heterocycles. The Kier molecular flexibility index (Phi) is 4.29. The number of amides is 2. The van der Waals surface area contributed by atoms with Gasteiger partial charge in [0.25, 0.3) is 0 Å². The molecule has 1 aliphatic carbocycles. The highest BCUT2D eigenvalue weighted by molar-refractivity contribution is 6.17. The first-order chi connectivity index (χ1) is 11.8. The van der Waals surface area contributed by atoms with E-state index in [9.17, 15) is 18.4 Å². The van der Waals surface area contributed by atoms with E-state index in [0.29, 0.717) is 18.5 Å². The molecule has 6 heteroatoms. The molecule has 2 N–H and O–H groups in total. The van der Waals surface area contributed by atoms with Crippen LogP contribution in [0.4, 0.5) is 20.2 Å². The Morgan fingerprint density at radius 1 is 0.920 bits per heavy atom. The topological polar surface area (TPSA) is 58.2 Å². The summed E-state index contributed by atoms with van der Waals surface area (Å²) in [5.41, 5.74) is 0.734. The number of nitrogens with one attached hydrogen (secondary N) is 2.